The fourth-order valence-electron chi connectivity index (χ4n) is 2.76. The molecule has 1 atom stereocenters. The summed E-state index contributed by atoms with van der Waals surface area (Å²) in [6.45, 7) is 2.54. The molecule has 124 valence electrons. The van der Waals surface area contributed by atoms with E-state index in [1.165, 1.54) is 6.33 Å². The Morgan fingerprint density at radius 3 is 2.87 bits per heavy atom. The number of alkyl halides is 2. The third-order valence-electron chi connectivity index (χ3n) is 3.97. The zero-order valence-electron chi connectivity index (χ0n) is 12.7. The third kappa shape index (κ3) is 3.89. The van der Waals surface area contributed by atoms with Crippen molar-refractivity contribution in [2.24, 2.45) is 0 Å². The van der Waals surface area contributed by atoms with Crippen LogP contribution in [-0.4, -0.2) is 65.2 Å². The number of hydrogen-bond acceptors (Lipinski definition) is 6. The number of hydrogen-bond donors (Lipinski definition) is 1. The van der Waals surface area contributed by atoms with Crippen molar-refractivity contribution in [3.8, 4) is 0 Å². The van der Waals surface area contributed by atoms with Gasteiger partial charge in [0.1, 0.15) is 12.1 Å². The molecule has 0 amide bonds. The Labute approximate surface area is 132 Å². The van der Waals surface area contributed by atoms with E-state index in [-0.39, 0.29) is 0 Å². The highest BCUT2D eigenvalue weighted by Crippen LogP contribution is 2.19. The molecule has 1 aliphatic heterocycles. The zero-order chi connectivity index (χ0) is 16.1. The van der Waals surface area contributed by atoms with E-state index < -0.39 is 12.5 Å². The zero-order valence-corrected chi connectivity index (χ0v) is 12.7. The number of ether oxygens (including phenoxy) is 1. The molecular formula is C15H19F2N5O. The van der Waals surface area contributed by atoms with Gasteiger partial charge in [0, 0.05) is 32.0 Å². The largest absolute Gasteiger partial charge is 0.379 e. The second kappa shape index (κ2) is 7.56. The molecule has 1 aliphatic rings. The monoisotopic (exact) mass is 323 g/mol. The predicted molar refractivity (Wildman–Crippen MR) is 82.6 cm³/mol. The van der Waals surface area contributed by atoms with Crippen LogP contribution in [0.3, 0.4) is 0 Å². The first-order valence-corrected chi connectivity index (χ1v) is 7.64. The second-order valence-electron chi connectivity index (χ2n) is 5.38. The topological polar surface area (TPSA) is 63.2 Å². The van der Waals surface area contributed by atoms with Gasteiger partial charge in [0.05, 0.1) is 30.2 Å². The van der Waals surface area contributed by atoms with Crippen LogP contribution in [-0.2, 0) is 4.74 Å². The molecule has 3 rings (SSSR count). The van der Waals surface area contributed by atoms with Crippen molar-refractivity contribution < 1.29 is 13.5 Å². The summed E-state index contributed by atoms with van der Waals surface area (Å²) < 4.78 is 31.9. The number of pyridine rings is 1. The van der Waals surface area contributed by atoms with Crippen LogP contribution in [0, 0.1) is 0 Å². The fourth-order valence-corrected chi connectivity index (χ4v) is 2.76. The lowest BCUT2D eigenvalue weighted by molar-refractivity contribution is -0.0348. The van der Waals surface area contributed by atoms with Crippen LogP contribution >= 0.6 is 0 Å². The summed E-state index contributed by atoms with van der Waals surface area (Å²) in [6, 6.07) is 1.02. The van der Waals surface area contributed by atoms with Gasteiger partial charge in [-0.25, -0.2) is 23.7 Å². The molecule has 0 radical (unpaired) electrons. The molecular weight excluding hydrogens is 304 g/mol. The molecule has 1 N–H and O–H groups in total. The van der Waals surface area contributed by atoms with E-state index in [2.05, 4.69) is 20.3 Å². The summed E-state index contributed by atoms with van der Waals surface area (Å²) >= 11 is 0. The Morgan fingerprint density at radius 1 is 1.26 bits per heavy atom. The smallest absolute Gasteiger partial charge is 0.253 e. The number of nitrogens with zero attached hydrogens (tertiary/aromatic N) is 4. The molecule has 1 unspecified atom stereocenters. The average molecular weight is 323 g/mol. The van der Waals surface area contributed by atoms with Crippen molar-refractivity contribution in [3.05, 3.63) is 24.8 Å². The van der Waals surface area contributed by atoms with Crippen molar-refractivity contribution in [1.82, 2.24) is 19.9 Å². The molecule has 1 fully saturated rings. The Kier molecular flexibility index (Phi) is 5.24. The standard InChI is InChI=1S/C15H19F2N5O/c16-14(17)13(22-5-7-23-8-6-22)2-4-20-15-11-9-18-10-21-12(11)1-3-19-15/h1,3,9-10,13-14H,2,4-8H2,(H,19,20). The first kappa shape index (κ1) is 15.9. The summed E-state index contributed by atoms with van der Waals surface area (Å²) in [5.41, 5.74) is 0.774. The normalized spacial score (nSPS) is 17.5. The molecule has 0 spiro atoms. The highest BCUT2D eigenvalue weighted by atomic mass is 19.3. The minimum absolute atomic E-state index is 0.337. The maximum Gasteiger partial charge on any atom is 0.253 e. The van der Waals surface area contributed by atoms with Gasteiger partial charge in [0.25, 0.3) is 6.43 Å². The van der Waals surface area contributed by atoms with Gasteiger partial charge in [0.2, 0.25) is 0 Å². The van der Waals surface area contributed by atoms with Crippen LogP contribution in [0.2, 0.25) is 0 Å². The Balaban J connectivity index is 1.62. The highest BCUT2D eigenvalue weighted by Gasteiger charge is 2.28. The first-order chi connectivity index (χ1) is 11.3. The molecule has 1 saturated heterocycles. The Morgan fingerprint density at radius 2 is 2.09 bits per heavy atom. The fraction of sp³-hybridized carbons (Fsp3) is 0.533. The minimum atomic E-state index is -2.38. The van der Waals surface area contributed by atoms with Crippen LogP contribution in [0.5, 0.6) is 0 Å². The minimum Gasteiger partial charge on any atom is -0.379 e. The van der Waals surface area contributed by atoms with Gasteiger partial charge in [0.15, 0.2) is 0 Å². The predicted octanol–water partition coefficient (Wildman–Crippen LogP) is 1.79. The van der Waals surface area contributed by atoms with Crippen molar-refractivity contribution in [2.45, 2.75) is 18.9 Å². The number of fused-ring (bicyclic) bond motifs is 1. The molecule has 23 heavy (non-hydrogen) atoms. The first-order valence-electron chi connectivity index (χ1n) is 7.64. The van der Waals surface area contributed by atoms with Gasteiger partial charge >= 0.3 is 0 Å². The van der Waals surface area contributed by atoms with Crippen molar-refractivity contribution in [3.63, 3.8) is 0 Å². The average Bonchev–Trinajstić information content (AvgIpc) is 2.59. The molecule has 2 aromatic heterocycles. The maximum atomic E-state index is 13.3. The molecule has 0 saturated carbocycles. The van der Waals surface area contributed by atoms with Crippen LogP contribution in [0.15, 0.2) is 24.8 Å². The van der Waals surface area contributed by atoms with Gasteiger partial charge < -0.3 is 10.1 Å². The van der Waals surface area contributed by atoms with Gasteiger partial charge in [-0.05, 0) is 12.5 Å². The van der Waals surface area contributed by atoms with Gasteiger partial charge in [-0.1, -0.05) is 0 Å². The van der Waals surface area contributed by atoms with Gasteiger partial charge in [-0.2, -0.15) is 0 Å². The van der Waals surface area contributed by atoms with Crippen LogP contribution in [0.25, 0.3) is 10.9 Å². The molecule has 0 aliphatic carbocycles. The molecule has 0 aromatic carbocycles. The van der Waals surface area contributed by atoms with E-state index in [1.807, 2.05) is 0 Å². The van der Waals surface area contributed by atoms with E-state index in [9.17, 15) is 8.78 Å². The number of rotatable bonds is 6. The lowest BCUT2D eigenvalue weighted by Crippen LogP contribution is -2.47. The van der Waals surface area contributed by atoms with E-state index in [4.69, 9.17) is 4.74 Å². The molecule has 3 heterocycles. The third-order valence-corrected chi connectivity index (χ3v) is 3.97. The Hall–Kier alpha value is -1.93. The highest BCUT2D eigenvalue weighted by molar-refractivity contribution is 5.87. The summed E-state index contributed by atoms with van der Waals surface area (Å²) in [6.07, 6.45) is 2.74. The van der Waals surface area contributed by atoms with Crippen LogP contribution in [0.1, 0.15) is 6.42 Å². The summed E-state index contributed by atoms with van der Waals surface area (Å²) in [4.78, 5) is 14.2. The van der Waals surface area contributed by atoms with E-state index in [0.717, 1.165) is 10.9 Å². The van der Waals surface area contributed by atoms with Gasteiger partial charge in [-0.3, -0.25) is 4.90 Å². The van der Waals surface area contributed by atoms with E-state index >= 15 is 0 Å². The van der Waals surface area contributed by atoms with Crippen molar-refractivity contribution >= 4 is 16.7 Å². The SMILES string of the molecule is FC(F)C(CCNc1nccc2ncncc12)N1CCOCC1. The molecule has 0 bridgehead atoms. The van der Waals surface area contributed by atoms with E-state index in [0.29, 0.717) is 45.1 Å². The number of anilines is 1. The lowest BCUT2D eigenvalue weighted by atomic mass is 10.1. The Bertz CT molecular complexity index is 631. The molecule has 8 heteroatoms. The lowest BCUT2D eigenvalue weighted by Gasteiger charge is -2.34. The second-order valence-corrected chi connectivity index (χ2v) is 5.38. The molecule has 6 nitrogen and oxygen atoms in total. The number of aromatic nitrogens is 3. The number of nitrogens with one attached hydrogen (secondary N) is 1. The number of halogens is 2. The van der Waals surface area contributed by atoms with E-state index in [1.54, 1.807) is 23.4 Å². The number of morpholine rings is 1. The summed E-state index contributed by atoms with van der Waals surface area (Å²) in [5.74, 6) is 0.623. The molecule has 2 aromatic rings. The summed E-state index contributed by atoms with van der Waals surface area (Å²) in [7, 11) is 0. The van der Waals surface area contributed by atoms with Gasteiger partial charge in [-0.15, -0.1) is 0 Å². The quantitative estimate of drug-likeness (QED) is 0.874. The van der Waals surface area contributed by atoms with Crippen LogP contribution < -0.4 is 5.32 Å². The van der Waals surface area contributed by atoms with Crippen molar-refractivity contribution in [2.75, 3.05) is 38.2 Å². The maximum absolute atomic E-state index is 13.3. The summed E-state index contributed by atoms with van der Waals surface area (Å²) in [5, 5.41) is 3.92. The van der Waals surface area contributed by atoms with Crippen molar-refractivity contribution in [1.29, 1.82) is 0 Å². The van der Waals surface area contributed by atoms with Crippen LogP contribution in [0.4, 0.5) is 14.6 Å².